The van der Waals surface area contributed by atoms with E-state index >= 15 is 0 Å². The van der Waals surface area contributed by atoms with Gasteiger partial charge >= 0.3 is 0 Å². The molecule has 1 aliphatic carbocycles. The average molecular weight is 180 g/mol. The summed E-state index contributed by atoms with van der Waals surface area (Å²) in [6, 6.07) is 0. The molecule has 0 atom stereocenters. The first-order chi connectivity index (χ1) is 5.57. The Balaban J connectivity index is 3.40. The smallest absolute Gasteiger partial charge is 0.164 e. The zero-order valence-corrected chi connectivity index (χ0v) is 9.62. The quantitative estimate of drug-likeness (QED) is 0.523. The fourth-order valence-corrected chi connectivity index (χ4v) is 2.10. The van der Waals surface area contributed by atoms with Crippen LogP contribution in [0.4, 0.5) is 0 Å². The predicted molar refractivity (Wildman–Crippen MR) is 55.5 cm³/mol. The molecular formula is C12H20O. The molecule has 0 saturated heterocycles. The summed E-state index contributed by atoms with van der Waals surface area (Å²) >= 11 is 0. The van der Waals surface area contributed by atoms with Gasteiger partial charge in [-0.05, 0) is 16.4 Å². The molecule has 0 aliphatic heterocycles. The van der Waals surface area contributed by atoms with E-state index in [0.29, 0.717) is 0 Å². The van der Waals surface area contributed by atoms with E-state index in [0.717, 1.165) is 5.57 Å². The monoisotopic (exact) mass is 180 g/mol. The summed E-state index contributed by atoms with van der Waals surface area (Å²) < 4.78 is 0. The van der Waals surface area contributed by atoms with E-state index in [9.17, 15) is 4.79 Å². The molecule has 74 valence electrons. The lowest BCUT2D eigenvalue weighted by Crippen LogP contribution is -2.38. The summed E-state index contributed by atoms with van der Waals surface area (Å²) in [4.78, 5) is 12.0. The van der Waals surface area contributed by atoms with Crippen molar-refractivity contribution in [2.75, 3.05) is 0 Å². The average Bonchev–Trinajstić information content (AvgIpc) is 2.05. The van der Waals surface area contributed by atoms with E-state index in [4.69, 9.17) is 0 Å². The van der Waals surface area contributed by atoms with Gasteiger partial charge in [0.1, 0.15) is 0 Å². The van der Waals surface area contributed by atoms with Crippen molar-refractivity contribution < 1.29 is 4.79 Å². The van der Waals surface area contributed by atoms with Crippen LogP contribution in [0, 0.1) is 16.2 Å². The molecule has 0 unspecified atom stereocenters. The zero-order chi connectivity index (χ0) is 10.7. The Bertz CT molecular complexity index is 251. The first-order valence-corrected chi connectivity index (χ1v) is 4.81. The van der Waals surface area contributed by atoms with Crippen molar-refractivity contribution in [2.45, 2.75) is 41.5 Å². The third-order valence-corrected chi connectivity index (χ3v) is 4.72. The van der Waals surface area contributed by atoms with Gasteiger partial charge in [0.2, 0.25) is 0 Å². The van der Waals surface area contributed by atoms with Crippen molar-refractivity contribution in [3.05, 3.63) is 12.2 Å². The molecule has 0 amide bonds. The summed E-state index contributed by atoms with van der Waals surface area (Å²) in [5.41, 5.74) is 0.387. The number of Topliss-reactive ketones (excluding diaryl/α,β-unsaturated/α-hetero) is 1. The van der Waals surface area contributed by atoms with Crippen LogP contribution in [-0.4, -0.2) is 5.78 Å². The third-order valence-electron chi connectivity index (χ3n) is 4.72. The summed E-state index contributed by atoms with van der Waals surface area (Å²) in [7, 11) is 0. The zero-order valence-electron chi connectivity index (χ0n) is 9.62. The molecule has 0 heterocycles. The largest absolute Gasteiger partial charge is 0.294 e. The van der Waals surface area contributed by atoms with Crippen LogP contribution in [0.2, 0.25) is 0 Å². The van der Waals surface area contributed by atoms with Crippen LogP contribution in [0.3, 0.4) is 0 Å². The van der Waals surface area contributed by atoms with E-state index in [1.807, 2.05) is 13.8 Å². The van der Waals surface area contributed by atoms with Gasteiger partial charge in [0, 0.05) is 5.41 Å². The number of hydrogen-bond acceptors (Lipinski definition) is 1. The molecule has 0 aromatic carbocycles. The minimum atomic E-state index is -0.284. The van der Waals surface area contributed by atoms with Crippen LogP contribution in [0.1, 0.15) is 41.5 Å². The minimum absolute atomic E-state index is 0.0197. The minimum Gasteiger partial charge on any atom is -0.294 e. The molecule has 1 heteroatoms. The van der Waals surface area contributed by atoms with Crippen LogP contribution in [0.15, 0.2) is 12.2 Å². The van der Waals surface area contributed by atoms with Crippen molar-refractivity contribution >= 4 is 5.78 Å². The van der Waals surface area contributed by atoms with E-state index in [-0.39, 0.29) is 22.0 Å². The van der Waals surface area contributed by atoms with E-state index in [1.165, 1.54) is 0 Å². The number of carbonyl (C=O) groups is 1. The van der Waals surface area contributed by atoms with Crippen LogP contribution >= 0.6 is 0 Å². The molecule has 1 aliphatic rings. The Labute approximate surface area is 81.2 Å². The molecule has 0 radical (unpaired) electrons. The molecule has 1 saturated carbocycles. The molecule has 0 spiro atoms. The highest BCUT2D eigenvalue weighted by atomic mass is 16.1. The first kappa shape index (κ1) is 10.5. The normalized spacial score (nSPS) is 29.4. The molecule has 1 rings (SSSR count). The summed E-state index contributed by atoms with van der Waals surface area (Å²) in [6.07, 6.45) is 0. The highest BCUT2D eigenvalue weighted by Crippen LogP contribution is 2.62. The Morgan fingerprint density at radius 2 is 1.31 bits per heavy atom. The fourth-order valence-electron chi connectivity index (χ4n) is 2.10. The summed E-state index contributed by atoms with van der Waals surface area (Å²) in [5.74, 6) is 0.225. The molecule has 0 aromatic rings. The maximum atomic E-state index is 12.0. The fraction of sp³-hybridized carbons (Fsp3) is 0.750. The lowest BCUT2D eigenvalue weighted by molar-refractivity contribution is -0.125. The Hall–Kier alpha value is -0.590. The van der Waals surface area contributed by atoms with Gasteiger partial charge < -0.3 is 0 Å². The van der Waals surface area contributed by atoms with Crippen molar-refractivity contribution in [2.24, 2.45) is 16.2 Å². The molecular weight excluding hydrogens is 160 g/mol. The second kappa shape index (κ2) is 2.26. The van der Waals surface area contributed by atoms with Crippen molar-refractivity contribution in [1.29, 1.82) is 0 Å². The second-order valence-corrected chi connectivity index (χ2v) is 5.68. The topological polar surface area (TPSA) is 17.1 Å². The maximum absolute atomic E-state index is 12.0. The van der Waals surface area contributed by atoms with Gasteiger partial charge in [-0.25, -0.2) is 0 Å². The highest BCUT2D eigenvalue weighted by molar-refractivity contribution is 6.03. The number of ketones is 1. The summed E-state index contributed by atoms with van der Waals surface area (Å²) in [6.45, 7) is 16.5. The van der Waals surface area contributed by atoms with Gasteiger partial charge in [-0.2, -0.15) is 0 Å². The first-order valence-electron chi connectivity index (χ1n) is 4.81. The third kappa shape index (κ3) is 0.905. The molecule has 0 bridgehead atoms. The Morgan fingerprint density at radius 3 is 1.38 bits per heavy atom. The Morgan fingerprint density at radius 1 is 0.923 bits per heavy atom. The van der Waals surface area contributed by atoms with Gasteiger partial charge in [0.05, 0.1) is 0 Å². The molecule has 13 heavy (non-hydrogen) atoms. The lowest BCUT2D eigenvalue weighted by Gasteiger charge is -2.42. The standard InChI is InChI=1S/C12H20O/c1-8-9(13)11(4,5)12(6,7)10(8,2)3/h1H2,2-7H3. The highest BCUT2D eigenvalue weighted by Gasteiger charge is 2.60. The van der Waals surface area contributed by atoms with Gasteiger partial charge in [0.15, 0.2) is 5.78 Å². The second-order valence-electron chi connectivity index (χ2n) is 5.68. The molecule has 0 N–H and O–H groups in total. The van der Waals surface area contributed by atoms with Crippen molar-refractivity contribution in [1.82, 2.24) is 0 Å². The van der Waals surface area contributed by atoms with E-state index in [2.05, 4.69) is 34.3 Å². The van der Waals surface area contributed by atoms with Crippen LogP contribution < -0.4 is 0 Å². The molecule has 0 aromatic heterocycles. The van der Waals surface area contributed by atoms with E-state index < -0.39 is 0 Å². The van der Waals surface area contributed by atoms with Crippen LogP contribution in [0.5, 0.6) is 0 Å². The maximum Gasteiger partial charge on any atom is 0.164 e. The number of rotatable bonds is 0. The number of allylic oxidation sites excluding steroid dienone is 1. The number of carbonyl (C=O) groups excluding carboxylic acids is 1. The molecule has 1 nitrogen and oxygen atoms in total. The van der Waals surface area contributed by atoms with Gasteiger partial charge in [0.25, 0.3) is 0 Å². The van der Waals surface area contributed by atoms with Crippen molar-refractivity contribution in [3.63, 3.8) is 0 Å². The predicted octanol–water partition coefficient (Wildman–Crippen LogP) is 3.20. The Kier molecular flexibility index (Phi) is 1.82. The van der Waals surface area contributed by atoms with E-state index in [1.54, 1.807) is 0 Å². The van der Waals surface area contributed by atoms with Gasteiger partial charge in [-0.15, -0.1) is 0 Å². The van der Waals surface area contributed by atoms with Crippen LogP contribution in [-0.2, 0) is 4.79 Å². The molecule has 1 fully saturated rings. The van der Waals surface area contributed by atoms with Gasteiger partial charge in [-0.1, -0.05) is 48.1 Å². The van der Waals surface area contributed by atoms with Crippen molar-refractivity contribution in [3.8, 4) is 0 Å². The summed E-state index contributed by atoms with van der Waals surface area (Å²) in [5, 5.41) is 0. The lowest BCUT2D eigenvalue weighted by atomic mass is 9.61. The van der Waals surface area contributed by atoms with Crippen LogP contribution in [0.25, 0.3) is 0 Å². The SMILES string of the molecule is C=C1C(=O)C(C)(C)C(C)(C)C1(C)C. The number of hydrogen-bond donors (Lipinski definition) is 0. The van der Waals surface area contributed by atoms with Gasteiger partial charge in [-0.3, -0.25) is 4.79 Å².